The topological polar surface area (TPSA) is 0 Å². The van der Waals surface area contributed by atoms with Gasteiger partial charge in [0.1, 0.15) is 0 Å². The SMILES string of the molecule is ClC1=C[Te](Cl)(Cl)c2cc(Br)ccc21. The summed E-state index contributed by atoms with van der Waals surface area (Å²) < 4.78 is 3.83. The van der Waals surface area contributed by atoms with E-state index in [1.807, 2.05) is 22.3 Å². The van der Waals surface area contributed by atoms with Crippen LogP contribution in [0, 0.1) is 0 Å². The van der Waals surface area contributed by atoms with Gasteiger partial charge in [0, 0.05) is 0 Å². The zero-order valence-electron chi connectivity index (χ0n) is 6.23. The zero-order valence-corrected chi connectivity index (χ0v) is 12.4. The first kappa shape index (κ1) is 10.6. The van der Waals surface area contributed by atoms with Gasteiger partial charge in [-0.15, -0.1) is 0 Å². The first-order chi connectivity index (χ1) is 6.00. The summed E-state index contributed by atoms with van der Waals surface area (Å²) in [4.78, 5) is 0. The van der Waals surface area contributed by atoms with Gasteiger partial charge in [-0.1, -0.05) is 0 Å². The van der Waals surface area contributed by atoms with Crippen molar-refractivity contribution in [2.75, 3.05) is 0 Å². The Balaban J connectivity index is 2.68. The van der Waals surface area contributed by atoms with Crippen molar-refractivity contribution in [3.05, 3.63) is 32.4 Å². The molecule has 70 valence electrons. The molecular formula is C8H4BrCl3Te. The Labute approximate surface area is 101 Å². The summed E-state index contributed by atoms with van der Waals surface area (Å²) in [5.41, 5.74) is 0.982. The van der Waals surface area contributed by atoms with Crippen molar-refractivity contribution in [3.63, 3.8) is 0 Å². The quantitative estimate of drug-likeness (QED) is 0.569. The molecule has 0 saturated carbocycles. The molecule has 0 spiro atoms. The molecule has 1 aliphatic rings. The summed E-state index contributed by atoms with van der Waals surface area (Å²) >= 11 is 6.42. The Bertz CT molecular complexity index is 400. The van der Waals surface area contributed by atoms with Gasteiger partial charge in [0.05, 0.1) is 0 Å². The third-order valence-corrected chi connectivity index (χ3v) is 10.5. The number of halogens is 4. The van der Waals surface area contributed by atoms with Crippen LogP contribution in [-0.4, -0.2) is 15.9 Å². The molecule has 1 aromatic carbocycles. The second kappa shape index (κ2) is 3.59. The van der Waals surface area contributed by atoms with E-state index in [1.165, 1.54) is 0 Å². The molecule has 0 radical (unpaired) electrons. The van der Waals surface area contributed by atoms with E-state index in [0.29, 0.717) is 5.03 Å². The van der Waals surface area contributed by atoms with Gasteiger partial charge in [-0.05, 0) is 0 Å². The van der Waals surface area contributed by atoms with E-state index in [1.54, 1.807) is 0 Å². The van der Waals surface area contributed by atoms with Crippen LogP contribution in [0.2, 0.25) is 0 Å². The van der Waals surface area contributed by atoms with Gasteiger partial charge in [-0.2, -0.15) is 0 Å². The number of hydrogen-bond acceptors (Lipinski definition) is 0. The molecule has 0 unspecified atom stereocenters. The number of hydrogen-bond donors (Lipinski definition) is 0. The van der Waals surface area contributed by atoms with Crippen LogP contribution in [0.15, 0.2) is 26.8 Å². The van der Waals surface area contributed by atoms with Crippen molar-refractivity contribution in [1.82, 2.24) is 0 Å². The minimum atomic E-state index is -2.97. The average Bonchev–Trinajstić information content (AvgIpc) is 2.23. The molecule has 0 nitrogen and oxygen atoms in total. The summed E-state index contributed by atoms with van der Waals surface area (Å²) in [6.45, 7) is 0. The molecule has 0 aliphatic carbocycles. The van der Waals surface area contributed by atoms with Crippen molar-refractivity contribution in [2.24, 2.45) is 0 Å². The molecular weight excluding hydrogens is 410 g/mol. The van der Waals surface area contributed by atoms with Gasteiger partial charge in [0.15, 0.2) is 0 Å². The molecule has 0 atom stereocenters. The Morgan fingerprint density at radius 1 is 1.23 bits per heavy atom. The molecule has 1 heterocycles. The molecule has 0 aromatic heterocycles. The second-order valence-electron chi connectivity index (χ2n) is 2.61. The maximum atomic E-state index is 6.24. The van der Waals surface area contributed by atoms with Gasteiger partial charge in [0.25, 0.3) is 0 Å². The Kier molecular flexibility index (Phi) is 2.93. The molecule has 13 heavy (non-hydrogen) atoms. The molecule has 0 bridgehead atoms. The third-order valence-electron chi connectivity index (χ3n) is 1.75. The van der Waals surface area contributed by atoms with E-state index in [2.05, 4.69) is 15.9 Å². The molecule has 0 fully saturated rings. The molecule has 2 rings (SSSR count). The van der Waals surface area contributed by atoms with Crippen LogP contribution in [0.3, 0.4) is 0 Å². The number of rotatable bonds is 0. The molecule has 0 N–H and O–H groups in total. The van der Waals surface area contributed by atoms with E-state index in [-0.39, 0.29) is 0 Å². The van der Waals surface area contributed by atoms with Crippen molar-refractivity contribution in [3.8, 4) is 0 Å². The fourth-order valence-electron chi connectivity index (χ4n) is 1.18. The van der Waals surface area contributed by atoms with E-state index in [0.717, 1.165) is 13.6 Å². The standard InChI is InChI=1S/C8H4BrCl3Te/c9-5-1-2-6-7(10)4-13(11,12)8(6)3-5/h1-4H. The van der Waals surface area contributed by atoms with Crippen LogP contribution in [0.5, 0.6) is 0 Å². The van der Waals surface area contributed by atoms with Gasteiger partial charge in [-0.3, -0.25) is 0 Å². The van der Waals surface area contributed by atoms with Crippen LogP contribution < -0.4 is 3.61 Å². The van der Waals surface area contributed by atoms with Gasteiger partial charge < -0.3 is 0 Å². The predicted octanol–water partition coefficient (Wildman–Crippen LogP) is 3.71. The monoisotopic (exact) mass is 414 g/mol. The van der Waals surface area contributed by atoms with Gasteiger partial charge >= 0.3 is 102 Å². The van der Waals surface area contributed by atoms with Crippen LogP contribution >= 0.6 is 45.5 Å². The van der Waals surface area contributed by atoms with Crippen LogP contribution in [0.25, 0.3) is 5.03 Å². The summed E-state index contributed by atoms with van der Waals surface area (Å²) in [5, 5.41) is 0.689. The van der Waals surface area contributed by atoms with Gasteiger partial charge in [-0.25, -0.2) is 0 Å². The number of fused-ring (bicyclic) bond motifs is 1. The Morgan fingerprint density at radius 3 is 2.62 bits per heavy atom. The fourth-order valence-corrected chi connectivity index (χ4v) is 10.4. The van der Waals surface area contributed by atoms with Crippen molar-refractivity contribution in [2.45, 2.75) is 0 Å². The molecule has 1 aliphatic heterocycles. The molecule has 0 saturated heterocycles. The normalized spacial score (nSPS) is 20.8. The average molecular weight is 414 g/mol. The molecule has 5 heteroatoms. The fraction of sp³-hybridized carbons (Fsp3) is 0. The molecule has 1 aromatic rings. The summed E-state index contributed by atoms with van der Waals surface area (Å²) in [6, 6.07) is 5.84. The first-order valence-electron chi connectivity index (χ1n) is 3.40. The van der Waals surface area contributed by atoms with E-state index < -0.39 is 15.9 Å². The zero-order chi connectivity index (χ0) is 9.64. The maximum absolute atomic E-state index is 6.24. The van der Waals surface area contributed by atoms with Crippen LogP contribution in [-0.2, 0) is 0 Å². The van der Waals surface area contributed by atoms with E-state index >= 15 is 0 Å². The van der Waals surface area contributed by atoms with Crippen LogP contribution in [0.4, 0.5) is 0 Å². The van der Waals surface area contributed by atoms with Crippen molar-refractivity contribution >= 4 is 70.0 Å². The summed E-state index contributed by atoms with van der Waals surface area (Å²) in [7, 11) is 12.5. The summed E-state index contributed by atoms with van der Waals surface area (Å²) in [6.07, 6.45) is 0. The van der Waals surface area contributed by atoms with Crippen molar-refractivity contribution in [1.29, 1.82) is 0 Å². The van der Waals surface area contributed by atoms with Gasteiger partial charge in [0.2, 0.25) is 0 Å². The first-order valence-corrected chi connectivity index (χ1v) is 13.0. The van der Waals surface area contributed by atoms with E-state index in [4.69, 9.17) is 29.5 Å². The number of benzene rings is 1. The Hall–Kier alpha value is 1.10. The van der Waals surface area contributed by atoms with Crippen molar-refractivity contribution < 1.29 is 0 Å². The van der Waals surface area contributed by atoms with E-state index in [9.17, 15) is 0 Å². The van der Waals surface area contributed by atoms with Crippen LogP contribution in [0.1, 0.15) is 5.56 Å². The third kappa shape index (κ3) is 1.91. The minimum absolute atomic E-state index is 0.689. The predicted molar refractivity (Wildman–Crippen MR) is 65.1 cm³/mol. The second-order valence-corrected chi connectivity index (χ2v) is 16.4. The Morgan fingerprint density at radius 2 is 1.92 bits per heavy atom. The summed E-state index contributed by atoms with van der Waals surface area (Å²) in [5.74, 6) is 0. The molecule has 0 amide bonds.